The summed E-state index contributed by atoms with van der Waals surface area (Å²) in [6.07, 6.45) is 3.58. The molecule has 2 aromatic rings. The summed E-state index contributed by atoms with van der Waals surface area (Å²) < 4.78 is 13.9. The van der Waals surface area contributed by atoms with Crippen molar-refractivity contribution < 1.29 is 9.50 Å². The summed E-state index contributed by atoms with van der Waals surface area (Å²) in [4.78, 5) is 8.02. The molecule has 0 aliphatic carbocycles. The minimum Gasteiger partial charge on any atom is -0.396 e. The first-order valence-corrected chi connectivity index (χ1v) is 6.63. The van der Waals surface area contributed by atoms with Gasteiger partial charge in [0, 0.05) is 36.3 Å². The monoisotopic (exact) mass is 295 g/mol. The molecule has 1 atom stereocenters. The number of aromatic nitrogens is 2. The molecule has 0 unspecified atom stereocenters. The van der Waals surface area contributed by atoms with Gasteiger partial charge in [-0.15, -0.1) is 0 Å². The number of hydrogen-bond donors (Lipinski definition) is 2. The SMILES string of the molecule is C[C@H](CCO)Nc1cc(Cl)ncc1-c1ncccc1F. The van der Waals surface area contributed by atoms with Gasteiger partial charge < -0.3 is 10.4 Å². The van der Waals surface area contributed by atoms with Crippen LogP contribution in [0.15, 0.2) is 30.6 Å². The first-order valence-electron chi connectivity index (χ1n) is 6.25. The molecule has 6 heteroatoms. The number of halogens is 2. The average molecular weight is 296 g/mol. The quantitative estimate of drug-likeness (QED) is 0.832. The smallest absolute Gasteiger partial charge is 0.149 e. The van der Waals surface area contributed by atoms with Gasteiger partial charge in [-0.1, -0.05) is 11.6 Å². The molecule has 106 valence electrons. The molecule has 0 fully saturated rings. The minimum absolute atomic E-state index is 0.0176. The van der Waals surface area contributed by atoms with Crippen molar-refractivity contribution in [3.05, 3.63) is 41.6 Å². The maximum Gasteiger partial charge on any atom is 0.149 e. The van der Waals surface area contributed by atoms with Crippen molar-refractivity contribution in [2.45, 2.75) is 19.4 Å². The van der Waals surface area contributed by atoms with Crippen LogP contribution in [-0.4, -0.2) is 27.7 Å². The van der Waals surface area contributed by atoms with Crippen molar-refractivity contribution in [1.82, 2.24) is 9.97 Å². The Morgan fingerprint density at radius 3 is 2.95 bits per heavy atom. The van der Waals surface area contributed by atoms with E-state index in [4.69, 9.17) is 16.7 Å². The van der Waals surface area contributed by atoms with E-state index in [9.17, 15) is 4.39 Å². The van der Waals surface area contributed by atoms with Crippen LogP contribution in [-0.2, 0) is 0 Å². The van der Waals surface area contributed by atoms with E-state index in [1.54, 1.807) is 6.07 Å². The van der Waals surface area contributed by atoms with Crippen molar-refractivity contribution in [2.75, 3.05) is 11.9 Å². The largest absolute Gasteiger partial charge is 0.396 e. The molecular formula is C14H15ClFN3O. The van der Waals surface area contributed by atoms with Gasteiger partial charge in [0.25, 0.3) is 0 Å². The molecule has 0 saturated heterocycles. The third kappa shape index (κ3) is 3.43. The summed E-state index contributed by atoms with van der Waals surface area (Å²) in [5.41, 5.74) is 1.40. The minimum atomic E-state index is -0.422. The Morgan fingerprint density at radius 2 is 2.25 bits per heavy atom. The molecule has 0 aliphatic heterocycles. The summed E-state index contributed by atoms with van der Waals surface area (Å²) in [5.74, 6) is -0.422. The van der Waals surface area contributed by atoms with Gasteiger partial charge in [0.1, 0.15) is 16.7 Å². The number of pyridine rings is 2. The van der Waals surface area contributed by atoms with Crippen LogP contribution in [0.4, 0.5) is 10.1 Å². The Labute approximate surface area is 121 Å². The standard InChI is InChI=1S/C14H15ClFN3O/c1-9(4-6-20)19-12-7-13(15)18-8-10(12)14-11(16)3-2-5-17-14/h2-3,5,7-9,20H,4,6H2,1H3,(H,18,19)/t9-/m1/s1. The van der Waals surface area contributed by atoms with E-state index in [2.05, 4.69) is 15.3 Å². The first-order chi connectivity index (χ1) is 9.61. The number of nitrogens with one attached hydrogen (secondary N) is 1. The lowest BCUT2D eigenvalue weighted by Crippen LogP contribution is -2.17. The molecule has 2 aromatic heterocycles. The second kappa shape index (κ2) is 6.63. The second-order valence-electron chi connectivity index (χ2n) is 4.44. The molecule has 2 rings (SSSR count). The lowest BCUT2D eigenvalue weighted by molar-refractivity contribution is 0.282. The highest BCUT2D eigenvalue weighted by Gasteiger charge is 2.14. The highest BCUT2D eigenvalue weighted by atomic mass is 35.5. The zero-order chi connectivity index (χ0) is 14.5. The molecule has 0 amide bonds. The lowest BCUT2D eigenvalue weighted by atomic mass is 10.1. The third-order valence-corrected chi connectivity index (χ3v) is 3.05. The van der Waals surface area contributed by atoms with E-state index in [1.807, 2.05) is 6.92 Å². The van der Waals surface area contributed by atoms with Gasteiger partial charge in [0.15, 0.2) is 0 Å². The molecule has 0 spiro atoms. The molecule has 4 nitrogen and oxygen atoms in total. The van der Waals surface area contributed by atoms with Crippen molar-refractivity contribution in [2.24, 2.45) is 0 Å². The second-order valence-corrected chi connectivity index (χ2v) is 4.83. The third-order valence-electron chi connectivity index (χ3n) is 2.85. The van der Waals surface area contributed by atoms with Crippen LogP contribution >= 0.6 is 11.6 Å². The number of nitrogens with zero attached hydrogens (tertiary/aromatic N) is 2. The van der Waals surface area contributed by atoms with E-state index in [-0.39, 0.29) is 18.3 Å². The Kier molecular flexibility index (Phi) is 4.87. The average Bonchev–Trinajstić information content (AvgIpc) is 2.40. The van der Waals surface area contributed by atoms with Gasteiger partial charge in [-0.3, -0.25) is 4.98 Å². The lowest BCUT2D eigenvalue weighted by Gasteiger charge is -2.17. The zero-order valence-corrected chi connectivity index (χ0v) is 11.7. The van der Waals surface area contributed by atoms with E-state index in [0.717, 1.165) is 0 Å². The van der Waals surface area contributed by atoms with Crippen molar-refractivity contribution in [1.29, 1.82) is 0 Å². The Balaban J connectivity index is 2.40. The van der Waals surface area contributed by atoms with Crippen LogP contribution in [0.1, 0.15) is 13.3 Å². The Morgan fingerprint density at radius 1 is 1.45 bits per heavy atom. The zero-order valence-electron chi connectivity index (χ0n) is 11.0. The van der Waals surface area contributed by atoms with Crippen LogP contribution in [0, 0.1) is 5.82 Å². The molecule has 0 bridgehead atoms. The molecule has 2 heterocycles. The fourth-order valence-corrected chi connectivity index (χ4v) is 2.01. The summed E-state index contributed by atoms with van der Waals surface area (Å²) in [7, 11) is 0. The highest BCUT2D eigenvalue weighted by molar-refractivity contribution is 6.29. The molecular weight excluding hydrogens is 281 g/mol. The van der Waals surface area contributed by atoms with E-state index in [0.29, 0.717) is 22.8 Å². The van der Waals surface area contributed by atoms with E-state index < -0.39 is 5.82 Å². The van der Waals surface area contributed by atoms with Gasteiger partial charge in [0.05, 0.1) is 0 Å². The van der Waals surface area contributed by atoms with Crippen LogP contribution < -0.4 is 5.32 Å². The van der Waals surface area contributed by atoms with Gasteiger partial charge >= 0.3 is 0 Å². The number of aliphatic hydroxyl groups is 1. The predicted molar refractivity (Wildman–Crippen MR) is 77.2 cm³/mol. The highest BCUT2D eigenvalue weighted by Crippen LogP contribution is 2.30. The summed E-state index contributed by atoms with van der Waals surface area (Å²) in [6.45, 7) is 1.99. The molecule has 20 heavy (non-hydrogen) atoms. The first kappa shape index (κ1) is 14.7. The van der Waals surface area contributed by atoms with Crippen LogP contribution in [0.5, 0.6) is 0 Å². The maximum absolute atomic E-state index is 13.9. The number of aliphatic hydroxyl groups excluding tert-OH is 1. The fourth-order valence-electron chi connectivity index (χ4n) is 1.85. The molecule has 0 saturated carbocycles. The predicted octanol–water partition coefficient (Wildman–Crippen LogP) is 3.12. The van der Waals surface area contributed by atoms with E-state index >= 15 is 0 Å². The number of hydrogen-bond acceptors (Lipinski definition) is 4. The van der Waals surface area contributed by atoms with Gasteiger partial charge in [-0.2, -0.15) is 0 Å². The molecule has 0 aromatic carbocycles. The van der Waals surface area contributed by atoms with Crippen molar-refractivity contribution >= 4 is 17.3 Å². The van der Waals surface area contributed by atoms with Crippen LogP contribution in [0.25, 0.3) is 11.3 Å². The Bertz CT molecular complexity index is 594. The summed E-state index contributed by atoms with van der Waals surface area (Å²) in [5, 5.41) is 12.4. The summed E-state index contributed by atoms with van der Waals surface area (Å²) in [6, 6.07) is 4.52. The Hall–Kier alpha value is -1.72. The van der Waals surface area contributed by atoms with Crippen LogP contribution in [0.3, 0.4) is 0 Å². The molecule has 0 aliphatic rings. The van der Waals surface area contributed by atoms with Crippen molar-refractivity contribution in [3.63, 3.8) is 0 Å². The number of anilines is 1. The maximum atomic E-state index is 13.9. The van der Waals surface area contributed by atoms with Gasteiger partial charge in [-0.25, -0.2) is 9.37 Å². The van der Waals surface area contributed by atoms with Gasteiger partial charge in [-0.05, 0) is 31.5 Å². The fraction of sp³-hybridized carbons (Fsp3) is 0.286. The molecule has 0 radical (unpaired) electrons. The normalized spacial score (nSPS) is 12.2. The summed E-state index contributed by atoms with van der Waals surface area (Å²) >= 11 is 5.89. The van der Waals surface area contributed by atoms with E-state index in [1.165, 1.54) is 24.5 Å². The van der Waals surface area contributed by atoms with Gasteiger partial charge in [0.2, 0.25) is 0 Å². The topological polar surface area (TPSA) is 58.0 Å². The van der Waals surface area contributed by atoms with Crippen LogP contribution in [0.2, 0.25) is 5.15 Å². The number of rotatable bonds is 5. The van der Waals surface area contributed by atoms with Crippen molar-refractivity contribution in [3.8, 4) is 11.3 Å². The molecule has 2 N–H and O–H groups in total.